The van der Waals surface area contributed by atoms with Crippen LogP contribution in [0.3, 0.4) is 0 Å². The molecule has 0 spiro atoms. The summed E-state index contributed by atoms with van der Waals surface area (Å²) < 4.78 is 5.15. The van der Waals surface area contributed by atoms with E-state index in [1.54, 1.807) is 4.90 Å². The fourth-order valence-corrected chi connectivity index (χ4v) is 1.50. The van der Waals surface area contributed by atoms with E-state index in [4.69, 9.17) is 14.9 Å². The highest BCUT2D eigenvalue weighted by atomic mass is 16.5. The molecule has 1 aliphatic rings. The molecule has 0 bridgehead atoms. The molecule has 1 aliphatic heterocycles. The van der Waals surface area contributed by atoms with Crippen molar-refractivity contribution < 1.29 is 19.7 Å². The van der Waals surface area contributed by atoms with Gasteiger partial charge in [0.05, 0.1) is 25.9 Å². The summed E-state index contributed by atoms with van der Waals surface area (Å²) in [6, 6.07) is 0. The maximum atomic E-state index is 11.6. The largest absolute Gasteiger partial charge is 0.394 e. The standard InChI is InChI=1S/C10H20N2O4/c13-8-9(14)7-11-2-1-10(15)12-3-5-16-6-4-12/h9,11,13-14H,1-8H2/t9-/m0/s1. The number of hydrogen-bond donors (Lipinski definition) is 3. The molecule has 1 atom stereocenters. The molecule has 16 heavy (non-hydrogen) atoms. The zero-order chi connectivity index (χ0) is 11.8. The van der Waals surface area contributed by atoms with Crippen LogP contribution in [-0.4, -0.2) is 73.1 Å². The van der Waals surface area contributed by atoms with Crippen molar-refractivity contribution in [3.05, 3.63) is 0 Å². The van der Waals surface area contributed by atoms with Gasteiger partial charge in [-0.05, 0) is 0 Å². The summed E-state index contributed by atoms with van der Waals surface area (Å²) in [6.45, 7) is 3.13. The molecule has 94 valence electrons. The molecular formula is C10H20N2O4. The third-order valence-electron chi connectivity index (χ3n) is 2.47. The van der Waals surface area contributed by atoms with Crippen LogP contribution < -0.4 is 5.32 Å². The summed E-state index contributed by atoms with van der Waals surface area (Å²) in [5.41, 5.74) is 0. The third kappa shape index (κ3) is 4.89. The predicted molar refractivity (Wildman–Crippen MR) is 58.0 cm³/mol. The number of nitrogens with one attached hydrogen (secondary N) is 1. The maximum Gasteiger partial charge on any atom is 0.224 e. The second-order valence-electron chi connectivity index (χ2n) is 3.78. The molecule has 1 fully saturated rings. The second kappa shape index (κ2) is 7.56. The summed E-state index contributed by atoms with van der Waals surface area (Å²) in [4.78, 5) is 13.4. The first-order chi connectivity index (χ1) is 7.74. The van der Waals surface area contributed by atoms with Crippen LogP contribution in [0.1, 0.15) is 6.42 Å². The first-order valence-electron chi connectivity index (χ1n) is 5.59. The van der Waals surface area contributed by atoms with Crippen molar-refractivity contribution >= 4 is 5.91 Å². The van der Waals surface area contributed by atoms with Crippen molar-refractivity contribution in [1.82, 2.24) is 10.2 Å². The molecule has 0 aromatic heterocycles. The Labute approximate surface area is 95.2 Å². The van der Waals surface area contributed by atoms with E-state index in [0.717, 1.165) is 0 Å². The Bertz CT molecular complexity index is 207. The van der Waals surface area contributed by atoms with Gasteiger partial charge in [-0.25, -0.2) is 0 Å². The molecule has 0 aliphatic carbocycles. The quantitative estimate of drug-likeness (QED) is 0.470. The van der Waals surface area contributed by atoms with Gasteiger partial charge in [0.15, 0.2) is 0 Å². The molecule has 3 N–H and O–H groups in total. The molecule has 6 heteroatoms. The van der Waals surface area contributed by atoms with Crippen molar-refractivity contribution in [2.24, 2.45) is 0 Å². The van der Waals surface area contributed by atoms with E-state index >= 15 is 0 Å². The lowest BCUT2D eigenvalue weighted by molar-refractivity contribution is -0.135. The number of carbonyl (C=O) groups is 1. The van der Waals surface area contributed by atoms with Crippen LogP contribution >= 0.6 is 0 Å². The smallest absolute Gasteiger partial charge is 0.224 e. The van der Waals surface area contributed by atoms with Gasteiger partial charge >= 0.3 is 0 Å². The van der Waals surface area contributed by atoms with Gasteiger partial charge in [-0.1, -0.05) is 0 Å². The number of ether oxygens (including phenoxy) is 1. The Morgan fingerprint density at radius 1 is 1.44 bits per heavy atom. The number of rotatable bonds is 6. The minimum absolute atomic E-state index is 0.106. The molecule has 0 aromatic carbocycles. The number of nitrogens with zero attached hydrogens (tertiary/aromatic N) is 1. The summed E-state index contributed by atoms with van der Waals surface area (Å²) in [5, 5.41) is 20.5. The molecule has 1 rings (SSSR count). The fourth-order valence-electron chi connectivity index (χ4n) is 1.50. The summed E-state index contributed by atoms with van der Waals surface area (Å²) in [7, 11) is 0. The first-order valence-corrected chi connectivity index (χ1v) is 5.59. The van der Waals surface area contributed by atoms with E-state index in [9.17, 15) is 4.79 Å². The Morgan fingerprint density at radius 2 is 2.12 bits per heavy atom. The average molecular weight is 232 g/mol. The molecule has 1 heterocycles. The van der Waals surface area contributed by atoms with Gasteiger partial charge in [-0.3, -0.25) is 4.79 Å². The van der Waals surface area contributed by atoms with Crippen molar-refractivity contribution in [1.29, 1.82) is 0 Å². The van der Waals surface area contributed by atoms with Gasteiger partial charge < -0.3 is 25.2 Å². The molecule has 0 unspecified atom stereocenters. The summed E-state index contributed by atoms with van der Waals surface area (Å²) in [5.74, 6) is 0.106. The van der Waals surface area contributed by atoms with Crippen LogP contribution in [0.2, 0.25) is 0 Å². The van der Waals surface area contributed by atoms with Gasteiger partial charge in [0.2, 0.25) is 5.91 Å². The SMILES string of the molecule is O=C(CCNC[C@H](O)CO)N1CCOCC1. The topological polar surface area (TPSA) is 82.0 Å². The van der Waals surface area contributed by atoms with E-state index in [-0.39, 0.29) is 12.5 Å². The highest BCUT2D eigenvalue weighted by molar-refractivity contribution is 5.76. The minimum Gasteiger partial charge on any atom is -0.394 e. The monoisotopic (exact) mass is 232 g/mol. The zero-order valence-electron chi connectivity index (χ0n) is 9.39. The van der Waals surface area contributed by atoms with Crippen LogP contribution in [0.25, 0.3) is 0 Å². The number of amides is 1. The van der Waals surface area contributed by atoms with Gasteiger partial charge in [-0.15, -0.1) is 0 Å². The Morgan fingerprint density at radius 3 is 2.75 bits per heavy atom. The van der Waals surface area contributed by atoms with E-state index in [1.807, 2.05) is 0 Å². The molecule has 0 aromatic rings. The molecule has 1 saturated heterocycles. The lowest BCUT2D eigenvalue weighted by atomic mass is 10.3. The normalized spacial score (nSPS) is 18.5. The minimum atomic E-state index is -0.751. The lowest BCUT2D eigenvalue weighted by Gasteiger charge is -2.26. The van der Waals surface area contributed by atoms with Gasteiger partial charge in [0.1, 0.15) is 0 Å². The van der Waals surface area contributed by atoms with Crippen molar-refractivity contribution in [3.63, 3.8) is 0 Å². The third-order valence-corrected chi connectivity index (χ3v) is 2.47. The van der Waals surface area contributed by atoms with Gasteiger partial charge in [0.25, 0.3) is 0 Å². The predicted octanol–water partition coefficient (Wildman–Crippen LogP) is -1.82. The fraction of sp³-hybridized carbons (Fsp3) is 0.900. The van der Waals surface area contributed by atoms with E-state index in [2.05, 4.69) is 5.32 Å². The number of hydrogen-bond acceptors (Lipinski definition) is 5. The van der Waals surface area contributed by atoms with Crippen LogP contribution in [0.15, 0.2) is 0 Å². The van der Waals surface area contributed by atoms with Crippen molar-refractivity contribution in [3.8, 4) is 0 Å². The van der Waals surface area contributed by atoms with Crippen molar-refractivity contribution in [2.75, 3.05) is 46.0 Å². The Hall–Kier alpha value is -0.690. The second-order valence-corrected chi connectivity index (χ2v) is 3.78. The van der Waals surface area contributed by atoms with Gasteiger partial charge in [-0.2, -0.15) is 0 Å². The van der Waals surface area contributed by atoms with Crippen LogP contribution in [-0.2, 0) is 9.53 Å². The Balaban J connectivity index is 2.05. The molecule has 0 saturated carbocycles. The summed E-state index contributed by atoms with van der Waals surface area (Å²) in [6.07, 6.45) is -0.337. The number of aliphatic hydroxyl groups excluding tert-OH is 2. The molecule has 6 nitrogen and oxygen atoms in total. The van der Waals surface area contributed by atoms with Gasteiger partial charge in [0, 0.05) is 32.6 Å². The van der Waals surface area contributed by atoms with E-state index in [0.29, 0.717) is 45.8 Å². The Kier molecular flexibility index (Phi) is 6.32. The van der Waals surface area contributed by atoms with Crippen LogP contribution in [0.4, 0.5) is 0 Å². The molecule has 0 radical (unpaired) electrons. The highest BCUT2D eigenvalue weighted by Gasteiger charge is 2.15. The van der Waals surface area contributed by atoms with E-state index in [1.165, 1.54) is 0 Å². The zero-order valence-corrected chi connectivity index (χ0v) is 9.39. The average Bonchev–Trinajstić information content (AvgIpc) is 2.35. The maximum absolute atomic E-state index is 11.6. The lowest BCUT2D eigenvalue weighted by Crippen LogP contribution is -2.42. The van der Waals surface area contributed by atoms with Crippen LogP contribution in [0, 0.1) is 0 Å². The number of carbonyl (C=O) groups excluding carboxylic acids is 1. The van der Waals surface area contributed by atoms with E-state index < -0.39 is 6.10 Å². The molecule has 1 amide bonds. The summed E-state index contributed by atoms with van der Waals surface area (Å²) >= 11 is 0. The van der Waals surface area contributed by atoms with Crippen molar-refractivity contribution in [2.45, 2.75) is 12.5 Å². The highest BCUT2D eigenvalue weighted by Crippen LogP contribution is 1.99. The van der Waals surface area contributed by atoms with Crippen LogP contribution in [0.5, 0.6) is 0 Å². The first kappa shape index (κ1) is 13.4. The molecular weight excluding hydrogens is 212 g/mol. The number of aliphatic hydroxyl groups is 2. The number of morpholine rings is 1.